The number of nitrogens with zero attached hydrogens (tertiary/aromatic N) is 3. The van der Waals surface area contributed by atoms with Crippen LogP contribution in [0.25, 0.3) is 11.5 Å². The molecule has 2 rings (SSSR count). The summed E-state index contributed by atoms with van der Waals surface area (Å²) in [5.74, 6) is 1.96. The number of aromatic nitrogens is 3. The van der Waals surface area contributed by atoms with Gasteiger partial charge in [0.1, 0.15) is 5.69 Å². The van der Waals surface area contributed by atoms with Gasteiger partial charge in [-0.25, -0.2) is 9.97 Å². The van der Waals surface area contributed by atoms with Gasteiger partial charge in [-0.05, 0) is 18.6 Å². The van der Waals surface area contributed by atoms with Gasteiger partial charge < -0.3 is 10.1 Å². The first-order valence-corrected chi connectivity index (χ1v) is 6.41. The Morgan fingerprint density at radius 2 is 2.16 bits per heavy atom. The number of ether oxygens (including phenoxy) is 1. The molecule has 0 saturated heterocycles. The molecule has 0 aliphatic heterocycles. The van der Waals surface area contributed by atoms with Gasteiger partial charge in [0.2, 0.25) is 0 Å². The number of pyridine rings is 1. The minimum atomic E-state index is 0.598. The lowest BCUT2D eigenvalue weighted by Gasteiger charge is -2.10. The van der Waals surface area contributed by atoms with Crippen molar-refractivity contribution in [3.05, 3.63) is 30.6 Å². The molecule has 0 radical (unpaired) electrons. The van der Waals surface area contributed by atoms with E-state index in [1.54, 1.807) is 19.5 Å². The van der Waals surface area contributed by atoms with Gasteiger partial charge in [-0.2, -0.15) is 0 Å². The number of anilines is 1. The second-order valence-electron chi connectivity index (χ2n) is 4.11. The molecule has 2 aromatic rings. The molecule has 2 heterocycles. The van der Waals surface area contributed by atoms with E-state index >= 15 is 0 Å². The van der Waals surface area contributed by atoms with Crippen molar-refractivity contribution in [3.63, 3.8) is 0 Å². The van der Waals surface area contributed by atoms with Crippen molar-refractivity contribution in [2.45, 2.75) is 19.8 Å². The summed E-state index contributed by atoms with van der Waals surface area (Å²) in [5, 5.41) is 3.27. The third-order valence-electron chi connectivity index (χ3n) is 2.69. The highest BCUT2D eigenvalue weighted by Crippen LogP contribution is 2.23. The van der Waals surface area contributed by atoms with Crippen molar-refractivity contribution >= 4 is 5.82 Å². The molecule has 0 fully saturated rings. The van der Waals surface area contributed by atoms with Crippen LogP contribution in [0.3, 0.4) is 0 Å². The Kier molecular flexibility index (Phi) is 4.66. The average Bonchev–Trinajstić information content (AvgIpc) is 2.48. The normalized spacial score (nSPS) is 10.2. The maximum Gasteiger partial charge on any atom is 0.180 e. The molecule has 0 aliphatic rings. The Labute approximate surface area is 113 Å². The fourth-order valence-electron chi connectivity index (χ4n) is 1.65. The minimum Gasteiger partial charge on any atom is -0.491 e. The molecule has 0 aliphatic carbocycles. The molecule has 5 heteroatoms. The summed E-state index contributed by atoms with van der Waals surface area (Å²) in [4.78, 5) is 13.0. The summed E-state index contributed by atoms with van der Waals surface area (Å²) in [7, 11) is 1.62. The van der Waals surface area contributed by atoms with Crippen LogP contribution in [0.15, 0.2) is 30.6 Å². The lowest BCUT2D eigenvalue weighted by atomic mass is 10.3. The maximum absolute atomic E-state index is 5.26. The molecular weight excluding hydrogens is 240 g/mol. The highest BCUT2D eigenvalue weighted by atomic mass is 16.5. The number of hydrogen-bond acceptors (Lipinski definition) is 5. The van der Waals surface area contributed by atoms with Gasteiger partial charge in [-0.15, -0.1) is 0 Å². The quantitative estimate of drug-likeness (QED) is 0.807. The second kappa shape index (κ2) is 6.68. The van der Waals surface area contributed by atoms with Crippen molar-refractivity contribution in [1.82, 2.24) is 15.0 Å². The molecule has 100 valence electrons. The molecule has 5 nitrogen and oxygen atoms in total. The number of nitrogens with one attached hydrogen (secondary N) is 1. The van der Waals surface area contributed by atoms with E-state index in [0.29, 0.717) is 17.4 Å². The highest BCUT2D eigenvalue weighted by Gasteiger charge is 2.09. The van der Waals surface area contributed by atoms with E-state index < -0.39 is 0 Å². The highest BCUT2D eigenvalue weighted by molar-refractivity contribution is 5.57. The zero-order chi connectivity index (χ0) is 13.5. The molecule has 0 bridgehead atoms. The first kappa shape index (κ1) is 13.3. The lowest BCUT2D eigenvalue weighted by Crippen LogP contribution is -2.06. The number of rotatable bonds is 6. The van der Waals surface area contributed by atoms with Crippen LogP contribution < -0.4 is 10.1 Å². The summed E-state index contributed by atoms with van der Waals surface area (Å²) in [6.07, 6.45) is 5.62. The molecule has 0 atom stereocenters. The van der Waals surface area contributed by atoms with Gasteiger partial charge >= 0.3 is 0 Å². The third-order valence-corrected chi connectivity index (χ3v) is 2.69. The molecule has 0 unspecified atom stereocenters. The molecule has 1 N–H and O–H groups in total. The Bertz CT molecular complexity index is 516. The van der Waals surface area contributed by atoms with Gasteiger partial charge in [-0.1, -0.05) is 19.4 Å². The smallest absolute Gasteiger partial charge is 0.180 e. The number of hydrogen-bond donors (Lipinski definition) is 1. The summed E-state index contributed by atoms with van der Waals surface area (Å²) in [6.45, 7) is 3.02. The molecule has 0 spiro atoms. The lowest BCUT2D eigenvalue weighted by molar-refractivity contribution is 0.413. The Morgan fingerprint density at radius 3 is 2.84 bits per heavy atom. The predicted molar refractivity (Wildman–Crippen MR) is 75.2 cm³/mol. The van der Waals surface area contributed by atoms with Crippen LogP contribution in [-0.4, -0.2) is 28.6 Å². The van der Waals surface area contributed by atoms with E-state index in [1.807, 2.05) is 18.2 Å². The largest absolute Gasteiger partial charge is 0.491 e. The fraction of sp³-hybridized carbons (Fsp3) is 0.357. The fourth-order valence-corrected chi connectivity index (χ4v) is 1.65. The summed E-state index contributed by atoms with van der Waals surface area (Å²) in [6, 6.07) is 5.67. The summed E-state index contributed by atoms with van der Waals surface area (Å²) >= 11 is 0. The van der Waals surface area contributed by atoms with Gasteiger partial charge in [-0.3, -0.25) is 4.98 Å². The van der Waals surface area contributed by atoms with Crippen molar-refractivity contribution in [2.24, 2.45) is 0 Å². The van der Waals surface area contributed by atoms with Crippen molar-refractivity contribution < 1.29 is 4.74 Å². The Morgan fingerprint density at radius 1 is 1.26 bits per heavy atom. The van der Waals surface area contributed by atoms with Crippen LogP contribution >= 0.6 is 0 Å². The molecule has 0 aromatic carbocycles. The zero-order valence-electron chi connectivity index (χ0n) is 11.3. The van der Waals surface area contributed by atoms with Crippen LogP contribution in [0.1, 0.15) is 19.8 Å². The maximum atomic E-state index is 5.26. The van der Waals surface area contributed by atoms with E-state index in [0.717, 1.165) is 25.1 Å². The first-order chi connectivity index (χ1) is 9.35. The summed E-state index contributed by atoms with van der Waals surface area (Å²) in [5.41, 5.74) is 0.753. The monoisotopic (exact) mass is 258 g/mol. The zero-order valence-corrected chi connectivity index (χ0v) is 11.3. The second-order valence-corrected chi connectivity index (χ2v) is 4.11. The van der Waals surface area contributed by atoms with Crippen molar-refractivity contribution in [2.75, 3.05) is 19.0 Å². The van der Waals surface area contributed by atoms with E-state index in [4.69, 9.17) is 4.74 Å². The SMILES string of the molecule is CCCCNc1nc(-c2ccccn2)ncc1OC. The Balaban J connectivity index is 2.25. The Hall–Kier alpha value is -2.17. The van der Waals surface area contributed by atoms with Gasteiger partial charge in [0.25, 0.3) is 0 Å². The molecular formula is C14H18N4O. The van der Waals surface area contributed by atoms with Gasteiger partial charge in [0.05, 0.1) is 13.3 Å². The molecule has 0 amide bonds. The number of methoxy groups -OCH3 is 1. The van der Waals surface area contributed by atoms with Crippen LogP contribution in [-0.2, 0) is 0 Å². The molecule has 0 saturated carbocycles. The van der Waals surface area contributed by atoms with E-state index in [9.17, 15) is 0 Å². The van der Waals surface area contributed by atoms with E-state index in [-0.39, 0.29) is 0 Å². The molecule has 2 aromatic heterocycles. The van der Waals surface area contributed by atoms with E-state index in [2.05, 4.69) is 27.2 Å². The average molecular weight is 258 g/mol. The van der Waals surface area contributed by atoms with Crippen molar-refractivity contribution in [3.8, 4) is 17.3 Å². The van der Waals surface area contributed by atoms with Crippen LogP contribution in [0.4, 0.5) is 5.82 Å². The van der Waals surface area contributed by atoms with Crippen molar-refractivity contribution in [1.29, 1.82) is 0 Å². The minimum absolute atomic E-state index is 0.598. The van der Waals surface area contributed by atoms with Gasteiger partial charge in [0.15, 0.2) is 17.4 Å². The summed E-state index contributed by atoms with van der Waals surface area (Å²) < 4.78 is 5.26. The standard InChI is InChI=1S/C14H18N4O/c1-3-4-8-16-14-12(19-2)10-17-13(18-14)11-7-5-6-9-15-11/h5-7,9-10H,3-4,8H2,1-2H3,(H,16,17,18). The predicted octanol–water partition coefficient (Wildman–Crippen LogP) is 2.76. The molecule has 19 heavy (non-hydrogen) atoms. The van der Waals surface area contributed by atoms with Crippen LogP contribution in [0, 0.1) is 0 Å². The topological polar surface area (TPSA) is 59.9 Å². The van der Waals surface area contributed by atoms with E-state index in [1.165, 1.54) is 0 Å². The number of unbranched alkanes of at least 4 members (excludes halogenated alkanes) is 1. The van der Waals surface area contributed by atoms with Crippen LogP contribution in [0.2, 0.25) is 0 Å². The van der Waals surface area contributed by atoms with Crippen LogP contribution in [0.5, 0.6) is 5.75 Å². The third kappa shape index (κ3) is 3.40. The first-order valence-electron chi connectivity index (χ1n) is 6.41. The van der Waals surface area contributed by atoms with Gasteiger partial charge in [0, 0.05) is 12.7 Å².